The van der Waals surface area contributed by atoms with Crippen LogP contribution in [0.1, 0.15) is 62.6 Å². The molecule has 1 amide bonds. The Morgan fingerprint density at radius 1 is 1.06 bits per heavy atom. The smallest absolute Gasteiger partial charge is 0.223 e. The zero-order valence-corrected chi connectivity index (χ0v) is 18.7. The van der Waals surface area contributed by atoms with Gasteiger partial charge in [-0.2, -0.15) is 0 Å². The molecule has 5 heteroatoms. The highest BCUT2D eigenvalue weighted by molar-refractivity contribution is 6.30. The molecule has 1 heterocycles. The van der Waals surface area contributed by atoms with Crippen molar-refractivity contribution in [1.29, 1.82) is 0 Å². The third kappa shape index (κ3) is 4.90. The lowest BCUT2D eigenvalue weighted by molar-refractivity contribution is -0.127. The largest absolute Gasteiger partial charge is 0.349 e. The maximum absolute atomic E-state index is 13.8. The van der Waals surface area contributed by atoms with E-state index in [-0.39, 0.29) is 23.7 Å². The molecule has 1 unspecified atom stereocenters. The van der Waals surface area contributed by atoms with E-state index in [0.29, 0.717) is 16.9 Å². The number of hydrogen-bond donors (Lipinski definition) is 1. The summed E-state index contributed by atoms with van der Waals surface area (Å²) in [6.45, 7) is 4.03. The summed E-state index contributed by atoms with van der Waals surface area (Å²) in [4.78, 5) is 17.2. The molecule has 2 aromatic carbocycles. The molecule has 1 fully saturated rings. The molecular weight excluding hydrogens is 411 g/mol. The van der Waals surface area contributed by atoms with Crippen LogP contribution in [0, 0.1) is 17.7 Å². The topological polar surface area (TPSA) is 42.0 Å². The number of nitrogens with zero attached hydrogens (tertiary/aromatic N) is 1. The lowest BCUT2D eigenvalue weighted by Crippen LogP contribution is -2.36. The summed E-state index contributed by atoms with van der Waals surface area (Å²) in [5, 5.41) is 4.76. The zero-order chi connectivity index (χ0) is 22.0. The van der Waals surface area contributed by atoms with E-state index in [1.165, 1.54) is 11.6 Å². The summed E-state index contributed by atoms with van der Waals surface area (Å²) in [5.74, 6) is 0.575. The summed E-state index contributed by atoms with van der Waals surface area (Å²) >= 11 is 5.96. The van der Waals surface area contributed by atoms with Crippen LogP contribution in [0.5, 0.6) is 0 Å². The van der Waals surface area contributed by atoms with Gasteiger partial charge in [0.05, 0.1) is 11.6 Å². The second-order valence-electron chi connectivity index (χ2n) is 8.74. The van der Waals surface area contributed by atoms with Crippen molar-refractivity contribution in [2.45, 2.75) is 51.5 Å². The van der Waals surface area contributed by atoms with E-state index in [1.807, 2.05) is 50.4 Å². The van der Waals surface area contributed by atoms with Gasteiger partial charge in [0, 0.05) is 22.5 Å². The SMILES string of the molecule is CC(C(=O)N[C@H](C)c1ccc(Cl)cc1)C1CCC(c2ccnc3ccc(F)cc23)CC1. The molecule has 0 saturated heterocycles. The van der Waals surface area contributed by atoms with E-state index < -0.39 is 0 Å². The Balaban J connectivity index is 1.38. The lowest BCUT2D eigenvalue weighted by Gasteiger charge is -2.33. The lowest BCUT2D eigenvalue weighted by atomic mass is 9.73. The average Bonchev–Trinajstić information content (AvgIpc) is 2.78. The Labute approximate surface area is 188 Å². The van der Waals surface area contributed by atoms with Gasteiger partial charge in [-0.1, -0.05) is 30.7 Å². The Morgan fingerprint density at radius 3 is 2.48 bits per heavy atom. The molecule has 3 nitrogen and oxygen atoms in total. The molecule has 0 radical (unpaired) electrons. The molecule has 1 aliphatic carbocycles. The van der Waals surface area contributed by atoms with Crippen molar-refractivity contribution in [3.8, 4) is 0 Å². The first-order valence-corrected chi connectivity index (χ1v) is 11.4. The number of fused-ring (bicyclic) bond motifs is 1. The first kappa shape index (κ1) is 21.8. The van der Waals surface area contributed by atoms with Crippen molar-refractivity contribution in [2.24, 2.45) is 11.8 Å². The highest BCUT2D eigenvalue weighted by Gasteiger charge is 2.30. The number of amides is 1. The Bertz CT molecular complexity index is 1060. The highest BCUT2D eigenvalue weighted by Crippen LogP contribution is 2.40. The number of carbonyl (C=O) groups is 1. The number of rotatable bonds is 5. The predicted octanol–water partition coefficient (Wildman–Crippen LogP) is 6.81. The number of hydrogen-bond acceptors (Lipinski definition) is 2. The molecule has 0 bridgehead atoms. The standard InChI is InChI=1S/C26H28ClFN2O/c1-16(26(31)30-17(2)19-7-9-21(27)10-8-19)18-3-5-20(6-4-18)23-13-14-29-25-12-11-22(28)15-24(23)25/h7-18,20H,3-6H2,1-2H3,(H,30,31)/t16?,17-,18?,20?/m1/s1. The fourth-order valence-corrected chi connectivity index (χ4v) is 4.95. The third-order valence-corrected chi connectivity index (χ3v) is 7.05. The number of nitrogens with one attached hydrogen (secondary N) is 1. The van der Waals surface area contributed by atoms with E-state index in [2.05, 4.69) is 10.3 Å². The van der Waals surface area contributed by atoms with E-state index in [0.717, 1.165) is 42.1 Å². The molecular formula is C26H28ClFN2O. The first-order chi connectivity index (χ1) is 14.9. The van der Waals surface area contributed by atoms with Gasteiger partial charge in [0.2, 0.25) is 5.91 Å². The van der Waals surface area contributed by atoms with Crippen LogP contribution in [-0.2, 0) is 4.79 Å². The van der Waals surface area contributed by atoms with Gasteiger partial charge in [-0.25, -0.2) is 4.39 Å². The van der Waals surface area contributed by atoms with Crippen molar-refractivity contribution in [1.82, 2.24) is 10.3 Å². The number of benzene rings is 2. The quantitative estimate of drug-likeness (QED) is 0.475. The van der Waals surface area contributed by atoms with Crippen molar-refractivity contribution < 1.29 is 9.18 Å². The second kappa shape index (κ2) is 9.35. The summed E-state index contributed by atoms with van der Waals surface area (Å²) in [6, 6.07) is 14.4. The molecule has 0 aliphatic heterocycles. The minimum absolute atomic E-state index is 0.0395. The summed E-state index contributed by atoms with van der Waals surface area (Å²) in [5.41, 5.74) is 3.06. The van der Waals surface area contributed by atoms with Gasteiger partial charge in [-0.15, -0.1) is 0 Å². The van der Waals surface area contributed by atoms with Crippen molar-refractivity contribution in [3.63, 3.8) is 0 Å². The van der Waals surface area contributed by atoms with Crippen molar-refractivity contribution in [3.05, 3.63) is 76.7 Å². The molecule has 1 aromatic heterocycles. The highest BCUT2D eigenvalue weighted by atomic mass is 35.5. The summed E-state index contributed by atoms with van der Waals surface area (Å²) in [7, 11) is 0. The molecule has 2 atom stereocenters. The fourth-order valence-electron chi connectivity index (χ4n) is 4.82. The van der Waals surface area contributed by atoms with Gasteiger partial charge in [0.1, 0.15) is 5.82 Å². The van der Waals surface area contributed by atoms with E-state index in [1.54, 1.807) is 12.1 Å². The number of carbonyl (C=O) groups excluding carboxylic acids is 1. The monoisotopic (exact) mass is 438 g/mol. The average molecular weight is 439 g/mol. The Kier molecular flexibility index (Phi) is 6.57. The van der Waals surface area contributed by atoms with Crippen LogP contribution in [0.3, 0.4) is 0 Å². The predicted molar refractivity (Wildman–Crippen MR) is 124 cm³/mol. The number of halogens is 2. The zero-order valence-electron chi connectivity index (χ0n) is 17.9. The summed E-state index contributed by atoms with van der Waals surface area (Å²) < 4.78 is 13.8. The molecule has 3 aromatic rings. The molecule has 4 rings (SSSR count). The van der Waals surface area contributed by atoms with Gasteiger partial charge < -0.3 is 5.32 Å². The van der Waals surface area contributed by atoms with Crippen LogP contribution in [-0.4, -0.2) is 10.9 Å². The van der Waals surface area contributed by atoms with Gasteiger partial charge in [0.25, 0.3) is 0 Å². The first-order valence-electron chi connectivity index (χ1n) is 11.0. The Hall–Kier alpha value is -2.46. The number of pyridine rings is 1. The van der Waals surface area contributed by atoms with Crippen LogP contribution in [0.2, 0.25) is 5.02 Å². The fraction of sp³-hybridized carbons (Fsp3) is 0.385. The van der Waals surface area contributed by atoms with Crippen LogP contribution in [0.25, 0.3) is 10.9 Å². The van der Waals surface area contributed by atoms with Crippen molar-refractivity contribution in [2.75, 3.05) is 0 Å². The van der Waals surface area contributed by atoms with Crippen LogP contribution in [0.4, 0.5) is 4.39 Å². The maximum atomic E-state index is 13.8. The third-order valence-electron chi connectivity index (χ3n) is 6.80. The van der Waals surface area contributed by atoms with Crippen LogP contribution >= 0.6 is 11.6 Å². The molecule has 1 N–H and O–H groups in total. The van der Waals surface area contributed by atoms with Crippen LogP contribution in [0.15, 0.2) is 54.7 Å². The second-order valence-corrected chi connectivity index (χ2v) is 9.18. The molecule has 0 spiro atoms. The number of aromatic nitrogens is 1. The molecule has 1 aliphatic rings. The Morgan fingerprint density at radius 2 is 1.77 bits per heavy atom. The van der Waals surface area contributed by atoms with E-state index in [4.69, 9.17) is 11.6 Å². The summed E-state index contributed by atoms with van der Waals surface area (Å²) in [6.07, 6.45) is 5.81. The van der Waals surface area contributed by atoms with Gasteiger partial charge in [-0.3, -0.25) is 9.78 Å². The van der Waals surface area contributed by atoms with E-state index in [9.17, 15) is 9.18 Å². The molecule has 31 heavy (non-hydrogen) atoms. The van der Waals surface area contributed by atoms with Gasteiger partial charge in [-0.05, 0) is 92.0 Å². The van der Waals surface area contributed by atoms with Crippen LogP contribution < -0.4 is 5.32 Å². The van der Waals surface area contributed by atoms with Gasteiger partial charge in [0.15, 0.2) is 0 Å². The normalized spacial score (nSPS) is 20.9. The van der Waals surface area contributed by atoms with Gasteiger partial charge >= 0.3 is 0 Å². The minimum atomic E-state index is -0.226. The van der Waals surface area contributed by atoms with E-state index >= 15 is 0 Å². The minimum Gasteiger partial charge on any atom is -0.349 e. The maximum Gasteiger partial charge on any atom is 0.223 e. The molecule has 1 saturated carbocycles. The van der Waals surface area contributed by atoms with Crippen molar-refractivity contribution >= 4 is 28.4 Å². The molecule has 162 valence electrons.